The van der Waals surface area contributed by atoms with Gasteiger partial charge in [0.2, 0.25) is 0 Å². The van der Waals surface area contributed by atoms with Gasteiger partial charge >= 0.3 is 0 Å². The molecular formula is C23H25NOS. The van der Waals surface area contributed by atoms with E-state index in [2.05, 4.69) is 19.1 Å². The number of hydrogen-bond acceptors (Lipinski definition) is 2. The molecule has 2 N–H and O–H groups in total. The van der Waals surface area contributed by atoms with Gasteiger partial charge in [0.1, 0.15) is 0 Å². The first-order chi connectivity index (χ1) is 12.4. The van der Waals surface area contributed by atoms with Gasteiger partial charge in [0.15, 0.2) is 0 Å². The molecule has 0 radical (unpaired) electrons. The Balaban J connectivity index is 2.01. The van der Waals surface area contributed by atoms with Crippen molar-refractivity contribution in [2.75, 3.05) is 0 Å². The summed E-state index contributed by atoms with van der Waals surface area (Å²) in [6.45, 7) is 6.18. The molecule has 1 unspecified atom stereocenters. The smallest absolute Gasteiger partial charge is 0.0852 e. The van der Waals surface area contributed by atoms with Gasteiger partial charge in [-0.3, -0.25) is 0 Å². The SMILES string of the molecule is Cc1ccc(S(=O)c2ccccc2[C@H](C)[C@](C)(N)c2ccccc2)cc1. The lowest BCUT2D eigenvalue weighted by atomic mass is 9.78. The summed E-state index contributed by atoms with van der Waals surface area (Å²) >= 11 is 0. The van der Waals surface area contributed by atoms with E-state index >= 15 is 0 Å². The highest BCUT2D eigenvalue weighted by atomic mass is 32.2. The Labute approximate surface area is 158 Å². The minimum absolute atomic E-state index is 0.00972. The maximum Gasteiger partial charge on any atom is 0.0852 e. The first-order valence-electron chi connectivity index (χ1n) is 8.83. The quantitative estimate of drug-likeness (QED) is 0.682. The van der Waals surface area contributed by atoms with Crippen LogP contribution in [-0.2, 0) is 16.3 Å². The molecule has 0 spiro atoms. The number of aryl methyl sites for hydroxylation is 1. The fourth-order valence-corrected chi connectivity index (χ4v) is 4.46. The molecule has 0 heterocycles. The van der Waals surface area contributed by atoms with E-state index in [4.69, 9.17) is 5.73 Å². The minimum Gasteiger partial charge on any atom is -0.321 e. The van der Waals surface area contributed by atoms with Crippen molar-refractivity contribution in [2.45, 2.75) is 42.0 Å². The Morgan fingerprint density at radius 3 is 2.12 bits per heavy atom. The molecule has 3 aromatic carbocycles. The van der Waals surface area contributed by atoms with Gasteiger partial charge in [0.05, 0.1) is 10.8 Å². The average molecular weight is 364 g/mol. The van der Waals surface area contributed by atoms with Gasteiger partial charge < -0.3 is 5.73 Å². The molecule has 3 aromatic rings. The Morgan fingerprint density at radius 2 is 1.46 bits per heavy atom. The molecule has 0 amide bonds. The highest BCUT2D eigenvalue weighted by Crippen LogP contribution is 2.37. The summed E-state index contributed by atoms with van der Waals surface area (Å²) in [6.07, 6.45) is 0. The molecule has 26 heavy (non-hydrogen) atoms. The summed E-state index contributed by atoms with van der Waals surface area (Å²) in [6, 6.07) is 25.9. The van der Waals surface area contributed by atoms with Crippen LogP contribution in [-0.4, -0.2) is 4.21 Å². The molecule has 3 rings (SSSR count). The summed E-state index contributed by atoms with van der Waals surface area (Å²) in [4.78, 5) is 1.64. The fourth-order valence-electron chi connectivity index (χ4n) is 3.17. The number of nitrogens with two attached hydrogens (primary N) is 1. The number of benzene rings is 3. The van der Waals surface area contributed by atoms with Crippen LogP contribution in [0.15, 0.2) is 88.7 Å². The van der Waals surface area contributed by atoms with Crippen molar-refractivity contribution in [1.82, 2.24) is 0 Å². The Kier molecular flexibility index (Phi) is 5.40. The van der Waals surface area contributed by atoms with Crippen molar-refractivity contribution >= 4 is 10.8 Å². The van der Waals surface area contributed by atoms with Gasteiger partial charge in [-0.15, -0.1) is 0 Å². The second-order valence-corrected chi connectivity index (χ2v) is 8.44. The summed E-state index contributed by atoms with van der Waals surface area (Å²) in [5, 5.41) is 0. The lowest BCUT2D eigenvalue weighted by molar-refractivity contribution is 0.407. The molecule has 3 atom stereocenters. The van der Waals surface area contributed by atoms with Crippen molar-refractivity contribution in [2.24, 2.45) is 5.73 Å². The molecule has 0 bridgehead atoms. The summed E-state index contributed by atoms with van der Waals surface area (Å²) in [7, 11) is -1.23. The zero-order valence-electron chi connectivity index (χ0n) is 15.5. The standard InChI is InChI=1S/C23H25NOS/c1-17-13-15-20(16-14-17)26(25)22-12-8-7-11-21(22)18(2)23(3,24)19-9-5-4-6-10-19/h4-16,18H,24H2,1-3H3/t18-,23-,26?/m0/s1. The first kappa shape index (κ1) is 18.6. The second-order valence-electron chi connectivity index (χ2n) is 6.99. The summed E-state index contributed by atoms with van der Waals surface area (Å²) < 4.78 is 13.2. The van der Waals surface area contributed by atoms with Gasteiger partial charge in [-0.2, -0.15) is 0 Å². The third-order valence-electron chi connectivity index (χ3n) is 5.12. The first-order valence-corrected chi connectivity index (χ1v) is 9.98. The highest BCUT2D eigenvalue weighted by Gasteiger charge is 2.31. The van der Waals surface area contributed by atoms with E-state index in [-0.39, 0.29) is 5.92 Å². The van der Waals surface area contributed by atoms with Crippen LogP contribution in [0, 0.1) is 6.92 Å². The van der Waals surface area contributed by atoms with Crippen LogP contribution in [0.3, 0.4) is 0 Å². The lowest BCUT2D eigenvalue weighted by Crippen LogP contribution is -2.38. The lowest BCUT2D eigenvalue weighted by Gasteiger charge is -2.33. The Morgan fingerprint density at radius 1 is 0.885 bits per heavy atom. The fraction of sp³-hybridized carbons (Fsp3) is 0.217. The molecule has 0 aliphatic carbocycles. The molecule has 0 aromatic heterocycles. The van der Waals surface area contributed by atoms with E-state index in [1.165, 1.54) is 0 Å². The van der Waals surface area contributed by atoms with Crippen LogP contribution < -0.4 is 5.73 Å². The molecule has 0 fully saturated rings. The van der Waals surface area contributed by atoms with Crippen molar-refractivity contribution in [3.63, 3.8) is 0 Å². The molecule has 0 aliphatic heterocycles. The van der Waals surface area contributed by atoms with E-state index in [1.807, 2.05) is 80.6 Å². The highest BCUT2D eigenvalue weighted by molar-refractivity contribution is 7.85. The van der Waals surface area contributed by atoms with Gasteiger partial charge in [0.25, 0.3) is 0 Å². The predicted octanol–water partition coefficient (Wildman–Crippen LogP) is 5.14. The van der Waals surface area contributed by atoms with E-state index in [0.717, 1.165) is 26.5 Å². The van der Waals surface area contributed by atoms with E-state index in [1.54, 1.807) is 0 Å². The minimum atomic E-state index is -1.23. The van der Waals surface area contributed by atoms with E-state index in [0.29, 0.717) is 0 Å². The summed E-state index contributed by atoms with van der Waals surface area (Å²) in [5.41, 5.74) is 9.44. The van der Waals surface area contributed by atoms with Crippen LogP contribution in [0.2, 0.25) is 0 Å². The van der Waals surface area contributed by atoms with Gasteiger partial charge in [0, 0.05) is 21.2 Å². The average Bonchev–Trinajstić information content (AvgIpc) is 2.68. The number of hydrogen-bond donors (Lipinski definition) is 1. The van der Waals surface area contributed by atoms with Crippen LogP contribution in [0.5, 0.6) is 0 Å². The van der Waals surface area contributed by atoms with Crippen LogP contribution in [0.4, 0.5) is 0 Å². The predicted molar refractivity (Wildman–Crippen MR) is 109 cm³/mol. The Hall–Kier alpha value is -2.23. The molecule has 2 nitrogen and oxygen atoms in total. The van der Waals surface area contributed by atoms with Crippen LogP contribution >= 0.6 is 0 Å². The molecule has 3 heteroatoms. The maximum atomic E-state index is 13.2. The van der Waals surface area contributed by atoms with Crippen molar-refractivity contribution < 1.29 is 4.21 Å². The molecule has 0 saturated carbocycles. The zero-order chi connectivity index (χ0) is 18.7. The number of rotatable bonds is 5. The van der Waals surface area contributed by atoms with Crippen LogP contribution in [0.25, 0.3) is 0 Å². The second kappa shape index (κ2) is 7.56. The van der Waals surface area contributed by atoms with Gasteiger partial charge in [-0.05, 0) is 43.2 Å². The normalized spacial score (nSPS) is 15.8. The Bertz CT molecular complexity index is 901. The molecule has 134 valence electrons. The maximum absolute atomic E-state index is 13.2. The molecule has 0 saturated heterocycles. The van der Waals surface area contributed by atoms with Gasteiger partial charge in [-0.1, -0.05) is 73.2 Å². The largest absolute Gasteiger partial charge is 0.321 e. The molecular weight excluding hydrogens is 338 g/mol. The van der Waals surface area contributed by atoms with Gasteiger partial charge in [-0.25, -0.2) is 4.21 Å². The van der Waals surface area contributed by atoms with E-state index < -0.39 is 16.3 Å². The summed E-state index contributed by atoms with van der Waals surface area (Å²) in [5.74, 6) is 0.00972. The topological polar surface area (TPSA) is 43.1 Å². The van der Waals surface area contributed by atoms with Crippen molar-refractivity contribution in [3.8, 4) is 0 Å². The third-order valence-corrected chi connectivity index (χ3v) is 6.59. The molecule has 0 aliphatic rings. The monoisotopic (exact) mass is 363 g/mol. The van der Waals surface area contributed by atoms with Crippen molar-refractivity contribution in [1.29, 1.82) is 0 Å². The zero-order valence-corrected chi connectivity index (χ0v) is 16.3. The van der Waals surface area contributed by atoms with E-state index in [9.17, 15) is 4.21 Å². The third kappa shape index (κ3) is 3.64. The van der Waals surface area contributed by atoms with Crippen molar-refractivity contribution in [3.05, 3.63) is 95.6 Å². The van der Waals surface area contributed by atoms with Crippen LogP contribution in [0.1, 0.15) is 36.5 Å².